The Labute approximate surface area is 208 Å². The van der Waals surface area contributed by atoms with E-state index in [4.69, 9.17) is 10.1 Å². The van der Waals surface area contributed by atoms with E-state index in [2.05, 4.69) is 40.6 Å². The van der Waals surface area contributed by atoms with Gasteiger partial charge in [0, 0.05) is 17.1 Å². The fraction of sp³-hybridized carbons (Fsp3) is 0.185. The number of carbonyl (C=O) groups is 1. The predicted molar refractivity (Wildman–Crippen MR) is 142 cm³/mol. The van der Waals surface area contributed by atoms with Gasteiger partial charge in [0.15, 0.2) is 5.84 Å². The van der Waals surface area contributed by atoms with Crippen LogP contribution in [0.15, 0.2) is 70.3 Å². The van der Waals surface area contributed by atoms with Crippen LogP contribution in [0.1, 0.15) is 28.1 Å². The Bertz CT molecular complexity index is 1450. The van der Waals surface area contributed by atoms with Crippen molar-refractivity contribution in [1.82, 2.24) is 9.58 Å². The molecule has 176 valence electrons. The van der Waals surface area contributed by atoms with E-state index in [1.54, 1.807) is 6.08 Å². The Morgan fingerprint density at radius 3 is 2.60 bits per heavy atom. The number of amides is 1. The number of hydrazone groups is 1. The molecule has 0 aliphatic carbocycles. The van der Waals surface area contributed by atoms with Crippen molar-refractivity contribution in [3.63, 3.8) is 0 Å². The van der Waals surface area contributed by atoms with E-state index >= 15 is 0 Å². The highest BCUT2D eigenvalue weighted by atomic mass is 32.2. The number of hydrogen-bond donors (Lipinski definition) is 1. The number of para-hydroxylation sites is 1. The molecule has 0 fully saturated rings. The van der Waals surface area contributed by atoms with Crippen molar-refractivity contribution >= 4 is 39.8 Å². The molecule has 5 rings (SSSR count). The van der Waals surface area contributed by atoms with Gasteiger partial charge < -0.3 is 9.30 Å². The average molecular weight is 484 g/mol. The van der Waals surface area contributed by atoms with E-state index in [0.717, 1.165) is 28.4 Å². The first kappa shape index (κ1) is 22.9. The number of nitrogens with zero attached hydrogens (tertiary/aromatic N) is 4. The second-order valence-corrected chi connectivity index (χ2v) is 9.54. The Hall–Kier alpha value is -3.91. The molecule has 3 aromatic rings. The molecule has 0 unspecified atom stereocenters. The van der Waals surface area contributed by atoms with Crippen LogP contribution in [0.4, 0.5) is 0 Å². The van der Waals surface area contributed by atoms with Gasteiger partial charge in [-0.15, -0.1) is 0 Å². The Morgan fingerprint density at radius 1 is 1.06 bits per heavy atom. The van der Waals surface area contributed by atoms with Crippen molar-refractivity contribution < 1.29 is 9.53 Å². The van der Waals surface area contributed by atoms with Gasteiger partial charge in [-0.2, -0.15) is 15.1 Å². The topological polar surface area (TPSA) is 83.0 Å². The summed E-state index contributed by atoms with van der Waals surface area (Å²) in [6.45, 7) is 8.51. The first-order chi connectivity index (χ1) is 16.8. The summed E-state index contributed by atoms with van der Waals surface area (Å²) in [6, 6.07) is 17.7. The molecule has 0 atom stereocenters. The number of thioether (sulfide) groups is 1. The second-order valence-electron chi connectivity index (χ2n) is 8.50. The summed E-state index contributed by atoms with van der Waals surface area (Å²) in [5, 5.41) is 15.6. The summed E-state index contributed by atoms with van der Waals surface area (Å²) >= 11 is 1.25. The molecule has 2 aromatic carbocycles. The third kappa shape index (κ3) is 4.21. The minimum atomic E-state index is -0.439. The van der Waals surface area contributed by atoms with E-state index in [-0.39, 0.29) is 18.0 Å². The van der Waals surface area contributed by atoms with Gasteiger partial charge in [-0.3, -0.25) is 10.2 Å². The smallest absolute Gasteiger partial charge is 0.283 e. The molecule has 0 radical (unpaired) electrons. The zero-order valence-corrected chi connectivity index (χ0v) is 20.8. The second kappa shape index (κ2) is 9.03. The number of aryl methyl sites for hydroxylation is 2. The van der Waals surface area contributed by atoms with Crippen LogP contribution in [-0.4, -0.2) is 38.1 Å². The Balaban J connectivity index is 1.43. The first-order valence-corrected chi connectivity index (χ1v) is 12.1. The fourth-order valence-electron chi connectivity index (χ4n) is 4.19. The molecule has 7 nitrogen and oxygen atoms in total. The molecule has 1 amide bonds. The number of rotatable bonds is 5. The molecular formula is C27H25N5O2S. The van der Waals surface area contributed by atoms with Crippen LogP contribution in [0.2, 0.25) is 0 Å². The van der Waals surface area contributed by atoms with Crippen LogP contribution >= 0.6 is 11.8 Å². The normalized spacial score (nSPS) is 16.5. The summed E-state index contributed by atoms with van der Waals surface area (Å²) in [5.41, 5.74) is 6.67. The van der Waals surface area contributed by atoms with Crippen molar-refractivity contribution in [2.24, 2.45) is 10.1 Å². The molecule has 0 saturated carbocycles. The largest absolute Gasteiger partial charge is 0.487 e. The van der Waals surface area contributed by atoms with E-state index in [0.29, 0.717) is 10.2 Å². The van der Waals surface area contributed by atoms with Gasteiger partial charge >= 0.3 is 0 Å². The van der Waals surface area contributed by atoms with Gasteiger partial charge in [-0.25, -0.2) is 0 Å². The zero-order chi connectivity index (χ0) is 24.7. The van der Waals surface area contributed by atoms with Gasteiger partial charge in [0.25, 0.3) is 5.91 Å². The van der Waals surface area contributed by atoms with E-state index in [1.165, 1.54) is 27.9 Å². The monoisotopic (exact) mass is 483 g/mol. The van der Waals surface area contributed by atoms with Crippen LogP contribution in [0.25, 0.3) is 11.8 Å². The maximum atomic E-state index is 12.9. The number of hydrogen-bond acceptors (Lipinski definition) is 5. The lowest BCUT2D eigenvalue weighted by Gasteiger charge is -2.20. The van der Waals surface area contributed by atoms with Gasteiger partial charge in [0.05, 0.1) is 5.57 Å². The van der Waals surface area contributed by atoms with Crippen molar-refractivity contribution in [3.05, 3.63) is 88.2 Å². The van der Waals surface area contributed by atoms with Crippen LogP contribution in [0.5, 0.6) is 5.75 Å². The molecule has 2 aliphatic heterocycles. The summed E-state index contributed by atoms with van der Waals surface area (Å²) in [4.78, 5) is 17.1. The lowest BCUT2D eigenvalue weighted by molar-refractivity contribution is -0.114. The minimum Gasteiger partial charge on any atom is -0.487 e. The number of aromatic nitrogens is 1. The molecule has 1 aromatic heterocycles. The van der Waals surface area contributed by atoms with Gasteiger partial charge in [-0.05, 0) is 86.5 Å². The number of carbonyl (C=O) groups excluding carboxylic acids is 1. The van der Waals surface area contributed by atoms with Crippen LogP contribution in [0, 0.1) is 33.1 Å². The SMILES string of the molecule is Cc1cccc(-n2c(C)cc(/C=C3/C(=N)N4N=C(COc5ccccc5)SC4=NC3=O)c2C)c1C. The third-order valence-electron chi connectivity index (χ3n) is 6.19. The number of benzene rings is 2. The number of nitrogens with one attached hydrogen (secondary N) is 1. The predicted octanol–water partition coefficient (Wildman–Crippen LogP) is 5.41. The van der Waals surface area contributed by atoms with Crippen LogP contribution in [-0.2, 0) is 4.79 Å². The molecule has 0 saturated heterocycles. The molecular weight excluding hydrogens is 458 g/mol. The molecule has 1 N–H and O–H groups in total. The Morgan fingerprint density at radius 2 is 1.83 bits per heavy atom. The third-order valence-corrected chi connectivity index (χ3v) is 7.07. The average Bonchev–Trinajstić information content (AvgIpc) is 3.38. The summed E-state index contributed by atoms with van der Waals surface area (Å²) in [6.07, 6.45) is 1.74. The van der Waals surface area contributed by atoms with Crippen molar-refractivity contribution in [3.8, 4) is 11.4 Å². The van der Waals surface area contributed by atoms with E-state index < -0.39 is 5.91 Å². The zero-order valence-electron chi connectivity index (χ0n) is 20.0. The first-order valence-electron chi connectivity index (χ1n) is 11.3. The quantitative estimate of drug-likeness (QED) is 0.492. The molecule has 0 spiro atoms. The summed E-state index contributed by atoms with van der Waals surface area (Å²) in [5.74, 6) is 0.304. The minimum absolute atomic E-state index is 0.0127. The van der Waals surface area contributed by atoms with Crippen LogP contribution < -0.4 is 4.74 Å². The molecule has 8 heteroatoms. The van der Waals surface area contributed by atoms with Gasteiger partial charge in [0.1, 0.15) is 17.4 Å². The van der Waals surface area contributed by atoms with E-state index in [1.807, 2.05) is 56.3 Å². The lowest BCUT2D eigenvalue weighted by atomic mass is 10.1. The maximum absolute atomic E-state index is 12.9. The van der Waals surface area contributed by atoms with Crippen molar-refractivity contribution in [2.75, 3.05) is 6.61 Å². The number of amidine groups is 2. The van der Waals surface area contributed by atoms with Crippen molar-refractivity contribution in [1.29, 1.82) is 5.41 Å². The highest BCUT2D eigenvalue weighted by Gasteiger charge is 2.36. The van der Waals surface area contributed by atoms with E-state index in [9.17, 15) is 4.79 Å². The van der Waals surface area contributed by atoms with Crippen LogP contribution in [0.3, 0.4) is 0 Å². The molecule has 0 bridgehead atoms. The fourth-order valence-corrected chi connectivity index (χ4v) is 4.99. The van der Waals surface area contributed by atoms with Gasteiger partial charge in [-0.1, -0.05) is 30.3 Å². The maximum Gasteiger partial charge on any atom is 0.283 e. The highest BCUT2D eigenvalue weighted by Crippen LogP contribution is 2.31. The molecule has 35 heavy (non-hydrogen) atoms. The molecule has 2 aliphatic rings. The Kier molecular flexibility index (Phi) is 5.90. The number of fused-ring (bicyclic) bond motifs is 1. The van der Waals surface area contributed by atoms with Crippen molar-refractivity contribution in [2.45, 2.75) is 27.7 Å². The van der Waals surface area contributed by atoms with Gasteiger partial charge in [0.2, 0.25) is 5.17 Å². The summed E-state index contributed by atoms with van der Waals surface area (Å²) < 4.78 is 7.95. The molecule has 3 heterocycles. The number of aliphatic imine (C=N–C) groups is 1. The standard InChI is InChI=1S/C27H25N5O2S/c1-16-9-8-12-23(18(16)3)31-17(2)13-20(19(31)4)14-22-25(28)32-27(29-26(22)33)35-24(30-32)15-34-21-10-6-5-7-11-21/h5-14,28H,15H2,1-4H3/b22-14-,28-25?. The highest BCUT2D eigenvalue weighted by molar-refractivity contribution is 8.27. The lowest BCUT2D eigenvalue weighted by Crippen LogP contribution is -2.35. The number of ether oxygens (including phenoxy) is 1. The summed E-state index contributed by atoms with van der Waals surface area (Å²) in [7, 11) is 0.